The standard InChI is InChI=1S/C16H36N4/c1-2-4-6-10-17-12-8-14-19-16-20-15-9-13-18-11-7-5-3-1/h17-20H,1-16H2. The minimum Gasteiger partial charge on any atom is -0.317 e. The van der Waals surface area contributed by atoms with Gasteiger partial charge in [-0.05, 0) is 65.0 Å². The Hall–Kier alpha value is -0.160. The van der Waals surface area contributed by atoms with Gasteiger partial charge < -0.3 is 21.3 Å². The van der Waals surface area contributed by atoms with Gasteiger partial charge in [0.2, 0.25) is 0 Å². The molecule has 0 aliphatic carbocycles. The normalized spacial score (nSPS) is 24.0. The fourth-order valence-electron chi connectivity index (χ4n) is 2.58. The Morgan fingerprint density at radius 1 is 0.300 bits per heavy atom. The molecule has 4 heteroatoms. The van der Waals surface area contributed by atoms with Crippen molar-refractivity contribution in [2.45, 2.75) is 57.8 Å². The van der Waals surface area contributed by atoms with Crippen LogP contribution in [-0.2, 0) is 0 Å². The predicted molar refractivity (Wildman–Crippen MR) is 88.2 cm³/mol. The van der Waals surface area contributed by atoms with Crippen molar-refractivity contribution in [3.8, 4) is 0 Å². The van der Waals surface area contributed by atoms with E-state index in [1.54, 1.807) is 0 Å². The highest BCUT2D eigenvalue weighted by molar-refractivity contribution is 4.56. The maximum Gasteiger partial charge on any atom is 0.0454 e. The Balaban J connectivity index is 2.00. The van der Waals surface area contributed by atoms with Gasteiger partial charge in [0.05, 0.1) is 0 Å². The Morgan fingerprint density at radius 3 is 1.15 bits per heavy atom. The molecule has 0 aromatic carbocycles. The summed E-state index contributed by atoms with van der Waals surface area (Å²) in [6.07, 6.45) is 12.2. The van der Waals surface area contributed by atoms with Crippen LogP contribution < -0.4 is 21.3 Å². The smallest absolute Gasteiger partial charge is 0.0454 e. The third-order valence-electron chi connectivity index (χ3n) is 3.87. The van der Waals surface area contributed by atoms with Crippen LogP contribution in [0.2, 0.25) is 0 Å². The first-order chi connectivity index (χ1) is 10.0. The lowest BCUT2D eigenvalue weighted by molar-refractivity contribution is 0.510. The summed E-state index contributed by atoms with van der Waals surface area (Å²) in [5.41, 5.74) is 0. The molecule has 0 aromatic rings. The first kappa shape index (κ1) is 17.9. The molecule has 0 bridgehead atoms. The van der Waals surface area contributed by atoms with Crippen LogP contribution in [0.4, 0.5) is 0 Å². The molecule has 1 aliphatic rings. The van der Waals surface area contributed by atoms with Crippen LogP contribution in [0.1, 0.15) is 57.8 Å². The predicted octanol–water partition coefficient (Wildman–Crippen LogP) is 1.83. The van der Waals surface area contributed by atoms with Crippen LogP contribution in [0, 0.1) is 0 Å². The second-order valence-electron chi connectivity index (χ2n) is 5.86. The third-order valence-corrected chi connectivity index (χ3v) is 3.87. The summed E-state index contributed by atoms with van der Waals surface area (Å²) < 4.78 is 0. The molecule has 1 heterocycles. The van der Waals surface area contributed by atoms with Crippen molar-refractivity contribution in [2.75, 3.05) is 45.9 Å². The molecule has 120 valence electrons. The van der Waals surface area contributed by atoms with E-state index in [0.717, 1.165) is 32.8 Å². The highest BCUT2D eigenvalue weighted by Gasteiger charge is 1.94. The molecule has 4 N–H and O–H groups in total. The molecule has 1 aliphatic heterocycles. The van der Waals surface area contributed by atoms with E-state index in [4.69, 9.17) is 0 Å². The summed E-state index contributed by atoms with van der Waals surface area (Å²) in [7, 11) is 0. The molecular weight excluding hydrogens is 248 g/mol. The van der Waals surface area contributed by atoms with Crippen LogP contribution in [0.15, 0.2) is 0 Å². The second-order valence-corrected chi connectivity index (χ2v) is 5.86. The van der Waals surface area contributed by atoms with Crippen molar-refractivity contribution in [3.63, 3.8) is 0 Å². The minimum absolute atomic E-state index is 0.944. The molecule has 0 spiro atoms. The van der Waals surface area contributed by atoms with Gasteiger partial charge in [-0.15, -0.1) is 0 Å². The molecule has 0 saturated carbocycles. The van der Waals surface area contributed by atoms with Crippen molar-refractivity contribution < 1.29 is 0 Å². The maximum absolute atomic E-state index is 3.54. The quantitative estimate of drug-likeness (QED) is 0.548. The monoisotopic (exact) mass is 284 g/mol. The number of nitrogens with one attached hydrogen (secondary N) is 4. The van der Waals surface area contributed by atoms with E-state index in [1.165, 1.54) is 70.9 Å². The van der Waals surface area contributed by atoms with E-state index in [9.17, 15) is 0 Å². The summed E-state index contributed by atoms with van der Waals surface area (Å²) in [6, 6.07) is 0. The van der Waals surface area contributed by atoms with Crippen LogP contribution in [0.3, 0.4) is 0 Å². The van der Waals surface area contributed by atoms with Crippen LogP contribution in [0.5, 0.6) is 0 Å². The summed E-state index contributed by atoms with van der Waals surface area (Å²) in [4.78, 5) is 0. The molecule has 20 heavy (non-hydrogen) atoms. The largest absolute Gasteiger partial charge is 0.317 e. The third kappa shape index (κ3) is 12.9. The van der Waals surface area contributed by atoms with Gasteiger partial charge in [0, 0.05) is 6.67 Å². The first-order valence-corrected chi connectivity index (χ1v) is 8.83. The minimum atomic E-state index is 0.944. The zero-order chi connectivity index (χ0) is 14.1. The summed E-state index contributed by atoms with van der Waals surface area (Å²) in [6.45, 7) is 7.86. The molecule has 1 rings (SSSR count). The topological polar surface area (TPSA) is 48.1 Å². The van der Waals surface area contributed by atoms with E-state index < -0.39 is 0 Å². The van der Waals surface area contributed by atoms with Gasteiger partial charge in [-0.25, -0.2) is 0 Å². The Bertz CT molecular complexity index is 101. The van der Waals surface area contributed by atoms with E-state index in [-0.39, 0.29) is 0 Å². The van der Waals surface area contributed by atoms with Crippen molar-refractivity contribution in [3.05, 3.63) is 0 Å². The highest BCUT2D eigenvalue weighted by Crippen LogP contribution is 2.06. The van der Waals surface area contributed by atoms with Crippen molar-refractivity contribution in [2.24, 2.45) is 0 Å². The van der Waals surface area contributed by atoms with Gasteiger partial charge in [-0.1, -0.05) is 32.1 Å². The SMILES string of the molecule is C1CCCCNCCCNCNCCCNCCCC1. The molecule has 1 fully saturated rings. The van der Waals surface area contributed by atoms with Crippen molar-refractivity contribution in [1.82, 2.24) is 21.3 Å². The summed E-state index contributed by atoms with van der Waals surface area (Å²) in [5, 5.41) is 14.0. The van der Waals surface area contributed by atoms with Gasteiger partial charge in [0.15, 0.2) is 0 Å². The lowest BCUT2D eigenvalue weighted by atomic mass is 10.1. The molecule has 1 saturated heterocycles. The van der Waals surface area contributed by atoms with Crippen LogP contribution in [-0.4, -0.2) is 45.9 Å². The molecule has 0 atom stereocenters. The van der Waals surface area contributed by atoms with E-state index in [0.29, 0.717) is 0 Å². The molecule has 0 radical (unpaired) electrons. The Kier molecular flexibility index (Phi) is 13.6. The fraction of sp³-hybridized carbons (Fsp3) is 1.00. The number of hydrogen-bond acceptors (Lipinski definition) is 4. The van der Waals surface area contributed by atoms with E-state index in [2.05, 4.69) is 21.3 Å². The van der Waals surface area contributed by atoms with Gasteiger partial charge in [-0.3, -0.25) is 0 Å². The van der Waals surface area contributed by atoms with E-state index >= 15 is 0 Å². The molecule has 0 unspecified atom stereocenters. The van der Waals surface area contributed by atoms with E-state index in [1.807, 2.05) is 0 Å². The number of rotatable bonds is 0. The highest BCUT2D eigenvalue weighted by atomic mass is 15.1. The molecule has 0 amide bonds. The van der Waals surface area contributed by atoms with Crippen LogP contribution in [0.25, 0.3) is 0 Å². The van der Waals surface area contributed by atoms with Gasteiger partial charge in [0.25, 0.3) is 0 Å². The zero-order valence-electron chi connectivity index (χ0n) is 13.3. The summed E-state index contributed by atoms with van der Waals surface area (Å²) in [5.74, 6) is 0. The number of hydrogen-bond donors (Lipinski definition) is 4. The Labute approximate surface area is 125 Å². The molecular formula is C16H36N4. The lowest BCUT2D eigenvalue weighted by Crippen LogP contribution is -2.32. The molecule has 4 nitrogen and oxygen atoms in total. The van der Waals surface area contributed by atoms with Gasteiger partial charge in [-0.2, -0.15) is 0 Å². The van der Waals surface area contributed by atoms with Crippen molar-refractivity contribution in [1.29, 1.82) is 0 Å². The van der Waals surface area contributed by atoms with Crippen LogP contribution >= 0.6 is 0 Å². The Morgan fingerprint density at radius 2 is 0.650 bits per heavy atom. The fourth-order valence-corrected chi connectivity index (χ4v) is 2.58. The first-order valence-electron chi connectivity index (χ1n) is 8.83. The zero-order valence-corrected chi connectivity index (χ0v) is 13.3. The van der Waals surface area contributed by atoms with Gasteiger partial charge in [0.1, 0.15) is 0 Å². The van der Waals surface area contributed by atoms with Gasteiger partial charge >= 0.3 is 0 Å². The average Bonchev–Trinajstić information content (AvgIpc) is 2.46. The average molecular weight is 284 g/mol. The second kappa shape index (κ2) is 15.2. The van der Waals surface area contributed by atoms with Crippen molar-refractivity contribution >= 4 is 0 Å². The molecule has 0 aromatic heterocycles. The lowest BCUT2D eigenvalue weighted by Gasteiger charge is -2.09. The summed E-state index contributed by atoms with van der Waals surface area (Å²) >= 11 is 0. The maximum atomic E-state index is 3.54.